The van der Waals surface area contributed by atoms with Crippen molar-refractivity contribution in [3.05, 3.63) is 40.1 Å². The largest absolute Gasteiger partial charge is 0.481 e. The van der Waals surface area contributed by atoms with Crippen molar-refractivity contribution >= 4 is 21.9 Å². The van der Waals surface area contributed by atoms with Gasteiger partial charge in [0, 0.05) is 10.9 Å². The van der Waals surface area contributed by atoms with E-state index in [4.69, 9.17) is 5.11 Å². The van der Waals surface area contributed by atoms with Crippen LogP contribution in [-0.2, 0) is 11.2 Å². The molecule has 0 radical (unpaired) electrons. The highest BCUT2D eigenvalue weighted by molar-refractivity contribution is 9.10. The molecule has 0 saturated heterocycles. The molecule has 0 aliphatic carbocycles. The van der Waals surface area contributed by atoms with Crippen LogP contribution in [0.5, 0.6) is 0 Å². The van der Waals surface area contributed by atoms with Gasteiger partial charge in [0.25, 0.3) is 0 Å². The molecule has 0 spiro atoms. The van der Waals surface area contributed by atoms with E-state index in [-0.39, 0.29) is 12.5 Å². The molecule has 0 saturated carbocycles. The summed E-state index contributed by atoms with van der Waals surface area (Å²) in [5.41, 5.74) is 1.07. The Bertz CT molecular complexity index is 600. The van der Waals surface area contributed by atoms with Crippen molar-refractivity contribution in [3.8, 4) is 0 Å². The molecule has 1 aromatic carbocycles. The average Bonchev–Trinajstić information content (AvgIpc) is 2.84. The maximum absolute atomic E-state index is 10.9. The first-order valence-corrected chi connectivity index (χ1v) is 7.12. The van der Waals surface area contributed by atoms with Crippen molar-refractivity contribution in [2.75, 3.05) is 0 Å². The lowest BCUT2D eigenvalue weighted by molar-refractivity contribution is -0.138. The number of hydrogen-bond acceptors (Lipinski definition) is 4. The highest BCUT2D eigenvalue weighted by Crippen LogP contribution is 2.19. The third-order valence-electron chi connectivity index (χ3n) is 3.04. The average molecular weight is 339 g/mol. The molecule has 0 bridgehead atoms. The fraction of sp³-hybridized carbons (Fsp3) is 0.385. The predicted octanol–water partition coefficient (Wildman–Crippen LogP) is 2.45. The van der Waals surface area contributed by atoms with E-state index in [1.165, 1.54) is 0 Å². The first-order chi connectivity index (χ1) is 9.60. The fourth-order valence-electron chi connectivity index (χ4n) is 2.05. The molecule has 0 fully saturated rings. The first kappa shape index (κ1) is 14.6. The fourth-order valence-corrected chi connectivity index (χ4v) is 2.49. The molecule has 6 nitrogen and oxygen atoms in total. The second-order valence-corrected chi connectivity index (χ2v) is 5.42. The van der Waals surface area contributed by atoms with Crippen LogP contribution in [0.3, 0.4) is 0 Å². The van der Waals surface area contributed by atoms with Gasteiger partial charge in [-0.05, 0) is 34.5 Å². The van der Waals surface area contributed by atoms with Crippen molar-refractivity contribution in [1.29, 1.82) is 0 Å². The van der Waals surface area contributed by atoms with Gasteiger partial charge in [-0.2, -0.15) is 0 Å². The van der Waals surface area contributed by atoms with Crippen LogP contribution in [0.4, 0.5) is 0 Å². The van der Waals surface area contributed by atoms with Gasteiger partial charge in [0.15, 0.2) is 5.82 Å². The van der Waals surface area contributed by atoms with E-state index in [0.717, 1.165) is 10.0 Å². The number of nitrogens with zero attached hydrogens (tertiary/aromatic N) is 4. The summed E-state index contributed by atoms with van der Waals surface area (Å²) in [4.78, 5) is 10.9. The standard InChI is InChI=1S/C13H15BrN4O2/c1-2-11(8-13(19)20)18-12(15-16-17-18)7-9-4-3-5-10(14)6-9/h3-6,11H,2,7-8H2,1H3,(H,19,20). The van der Waals surface area contributed by atoms with E-state index in [1.54, 1.807) is 4.68 Å². The van der Waals surface area contributed by atoms with Crippen LogP contribution < -0.4 is 0 Å². The van der Waals surface area contributed by atoms with Gasteiger partial charge in [-0.25, -0.2) is 4.68 Å². The minimum Gasteiger partial charge on any atom is -0.481 e. The lowest BCUT2D eigenvalue weighted by atomic mass is 10.1. The number of carboxylic acids is 1. The molecule has 0 aliphatic rings. The molecule has 2 rings (SSSR count). The number of aromatic nitrogens is 4. The van der Waals surface area contributed by atoms with Gasteiger partial charge >= 0.3 is 5.97 Å². The molecule has 20 heavy (non-hydrogen) atoms. The van der Waals surface area contributed by atoms with E-state index >= 15 is 0 Å². The molecule has 2 aromatic rings. The lowest BCUT2D eigenvalue weighted by Crippen LogP contribution is -2.17. The van der Waals surface area contributed by atoms with E-state index in [2.05, 4.69) is 31.5 Å². The number of hydrogen-bond donors (Lipinski definition) is 1. The zero-order chi connectivity index (χ0) is 14.5. The maximum Gasteiger partial charge on any atom is 0.305 e. The lowest BCUT2D eigenvalue weighted by Gasteiger charge is -2.14. The minimum atomic E-state index is -0.847. The second-order valence-electron chi connectivity index (χ2n) is 4.51. The Morgan fingerprint density at radius 1 is 1.50 bits per heavy atom. The van der Waals surface area contributed by atoms with Crippen molar-refractivity contribution in [3.63, 3.8) is 0 Å². The van der Waals surface area contributed by atoms with Crippen molar-refractivity contribution in [2.24, 2.45) is 0 Å². The zero-order valence-electron chi connectivity index (χ0n) is 11.0. The molecule has 1 aromatic heterocycles. The van der Waals surface area contributed by atoms with Crippen molar-refractivity contribution < 1.29 is 9.90 Å². The maximum atomic E-state index is 10.9. The highest BCUT2D eigenvalue weighted by atomic mass is 79.9. The Kier molecular flexibility index (Phi) is 4.84. The summed E-state index contributed by atoms with van der Waals surface area (Å²) in [5.74, 6) is -0.169. The van der Waals surface area contributed by atoms with Crippen LogP contribution in [0.15, 0.2) is 28.7 Å². The summed E-state index contributed by atoms with van der Waals surface area (Å²) in [5, 5.41) is 20.6. The number of carboxylic acid groups (broad SMARTS) is 1. The Balaban J connectivity index is 2.21. The topological polar surface area (TPSA) is 80.9 Å². The predicted molar refractivity (Wildman–Crippen MR) is 76.3 cm³/mol. The molecule has 106 valence electrons. The van der Waals surface area contributed by atoms with Gasteiger partial charge in [-0.1, -0.05) is 35.0 Å². The summed E-state index contributed by atoms with van der Waals surface area (Å²) in [6.45, 7) is 1.93. The Hall–Kier alpha value is -1.76. The van der Waals surface area contributed by atoms with Gasteiger partial charge in [0.05, 0.1) is 12.5 Å². The number of halogens is 1. The third kappa shape index (κ3) is 3.63. The van der Waals surface area contributed by atoms with Crippen LogP contribution >= 0.6 is 15.9 Å². The quantitative estimate of drug-likeness (QED) is 0.874. The van der Waals surface area contributed by atoms with Crippen LogP contribution in [0, 0.1) is 0 Å². The summed E-state index contributed by atoms with van der Waals surface area (Å²) in [6.07, 6.45) is 1.26. The normalized spacial score (nSPS) is 12.3. The van der Waals surface area contributed by atoms with E-state index in [1.807, 2.05) is 31.2 Å². The molecule has 1 N–H and O–H groups in total. The zero-order valence-corrected chi connectivity index (χ0v) is 12.6. The number of rotatable bonds is 6. The minimum absolute atomic E-state index is 0.0209. The molecular weight excluding hydrogens is 324 g/mol. The van der Waals surface area contributed by atoms with E-state index in [9.17, 15) is 4.79 Å². The monoisotopic (exact) mass is 338 g/mol. The molecule has 7 heteroatoms. The Morgan fingerprint density at radius 2 is 2.30 bits per heavy atom. The summed E-state index contributed by atoms with van der Waals surface area (Å²) >= 11 is 3.42. The van der Waals surface area contributed by atoms with Crippen LogP contribution in [-0.4, -0.2) is 31.3 Å². The number of aliphatic carboxylic acids is 1. The van der Waals surface area contributed by atoms with E-state index in [0.29, 0.717) is 18.7 Å². The van der Waals surface area contributed by atoms with Gasteiger partial charge in [0.1, 0.15) is 0 Å². The number of benzene rings is 1. The van der Waals surface area contributed by atoms with Gasteiger partial charge in [-0.3, -0.25) is 4.79 Å². The molecule has 1 heterocycles. The Labute approximate surface area is 124 Å². The molecule has 1 atom stereocenters. The summed E-state index contributed by atoms with van der Waals surface area (Å²) in [6, 6.07) is 7.66. The van der Waals surface area contributed by atoms with Crippen molar-refractivity contribution in [1.82, 2.24) is 20.2 Å². The van der Waals surface area contributed by atoms with Gasteiger partial charge < -0.3 is 5.11 Å². The van der Waals surface area contributed by atoms with Crippen molar-refractivity contribution in [2.45, 2.75) is 32.2 Å². The molecule has 0 aliphatic heterocycles. The molecule has 0 amide bonds. The molecule has 1 unspecified atom stereocenters. The Morgan fingerprint density at radius 3 is 2.95 bits per heavy atom. The summed E-state index contributed by atoms with van der Waals surface area (Å²) in [7, 11) is 0. The van der Waals surface area contributed by atoms with E-state index < -0.39 is 5.97 Å². The number of carbonyl (C=O) groups is 1. The SMILES string of the molecule is CCC(CC(=O)O)n1nnnc1Cc1cccc(Br)c1. The van der Waals surface area contributed by atoms with Gasteiger partial charge in [0.2, 0.25) is 0 Å². The van der Waals surface area contributed by atoms with Gasteiger partial charge in [-0.15, -0.1) is 5.10 Å². The molecular formula is C13H15BrN4O2. The first-order valence-electron chi connectivity index (χ1n) is 6.33. The smallest absolute Gasteiger partial charge is 0.305 e. The van der Waals surface area contributed by atoms with Crippen LogP contribution in [0.1, 0.15) is 37.2 Å². The third-order valence-corrected chi connectivity index (χ3v) is 3.53. The van der Waals surface area contributed by atoms with Crippen LogP contribution in [0.25, 0.3) is 0 Å². The highest BCUT2D eigenvalue weighted by Gasteiger charge is 2.18. The summed E-state index contributed by atoms with van der Waals surface area (Å²) < 4.78 is 2.61. The second kappa shape index (κ2) is 6.60. The van der Waals surface area contributed by atoms with Crippen LogP contribution in [0.2, 0.25) is 0 Å². The number of tetrazole rings is 1.